The van der Waals surface area contributed by atoms with Crippen LogP contribution in [0.1, 0.15) is 60.0 Å². The molecule has 1 aromatic carbocycles. The Hall–Kier alpha value is -2.17. The van der Waals surface area contributed by atoms with Crippen LogP contribution in [0.2, 0.25) is 0 Å². The summed E-state index contributed by atoms with van der Waals surface area (Å²) in [7, 11) is 0. The minimum Gasteiger partial charge on any atom is -0.333 e. The number of amides is 3. The SMILES string of the molecule is Cc1ccc(C(=O)N2C3CCC2CC(N2C(=O)CCC2=O)C3)cc1C. The highest BCUT2D eigenvalue weighted by atomic mass is 16.2. The molecule has 0 spiro atoms. The van der Waals surface area contributed by atoms with Gasteiger partial charge in [0.05, 0.1) is 0 Å². The third kappa shape index (κ3) is 2.66. The lowest BCUT2D eigenvalue weighted by Crippen LogP contribution is -2.53. The predicted molar refractivity (Wildman–Crippen MR) is 93.0 cm³/mol. The lowest BCUT2D eigenvalue weighted by atomic mass is 9.94. The van der Waals surface area contributed by atoms with Gasteiger partial charge in [-0.25, -0.2) is 0 Å². The van der Waals surface area contributed by atoms with Crippen LogP contribution in [0.25, 0.3) is 0 Å². The molecule has 4 rings (SSSR count). The summed E-state index contributed by atoms with van der Waals surface area (Å²) in [5.74, 6) is 0.0137. The van der Waals surface area contributed by atoms with Gasteiger partial charge in [0, 0.05) is 36.5 Å². The number of fused-ring (bicyclic) bond motifs is 2. The standard InChI is InChI=1S/C20H24N2O3/c1-12-3-4-14(9-13(12)2)20(25)21-15-5-6-16(21)11-17(10-15)22-18(23)7-8-19(22)24/h3-4,9,15-17H,5-8,10-11H2,1-2H3. The first-order chi connectivity index (χ1) is 12.0. The number of benzene rings is 1. The molecule has 3 aliphatic heterocycles. The van der Waals surface area contributed by atoms with Crippen LogP contribution in [0, 0.1) is 13.8 Å². The Kier molecular flexibility index (Phi) is 3.89. The molecular weight excluding hydrogens is 316 g/mol. The summed E-state index contributed by atoms with van der Waals surface area (Å²) in [6.07, 6.45) is 4.07. The van der Waals surface area contributed by atoms with E-state index in [2.05, 4.69) is 0 Å². The molecule has 5 nitrogen and oxygen atoms in total. The Labute approximate surface area is 148 Å². The van der Waals surface area contributed by atoms with Gasteiger partial charge in [-0.1, -0.05) is 6.07 Å². The molecule has 132 valence electrons. The van der Waals surface area contributed by atoms with Crippen LogP contribution in [-0.2, 0) is 9.59 Å². The smallest absolute Gasteiger partial charge is 0.254 e. The summed E-state index contributed by atoms with van der Waals surface area (Å²) in [6.45, 7) is 4.07. The molecule has 2 bridgehead atoms. The largest absolute Gasteiger partial charge is 0.333 e. The third-order valence-corrected chi connectivity index (χ3v) is 6.15. The van der Waals surface area contributed by atoms with E-state index in [-0.39, 0.29) is 35.8 Å². The van der Waals surface area contributed by atoms with Crippen molar-refractivity contribution in [3.63, 3.8) is 0 Å². The molecule has 2 atom stereocenters. The maximum atomic E-state index is 13.1. The summed E-state index contributed by atoms with van der Waals surface area (Å²) in [5, 5.41) is 0. The Bertz CT molecular complexity index is 727. The van der Waals surface area contributed by atoms with Crippen molar-refractivity contribution < 1.29 is 14.4 Å². The van der Waals surface area contributed by atoms with Gasteiger partial charge in [0.1, 0.15) is 0 Å². The molecule has 0 saturated carbocycles. The second kappa shape index (κ2) is 5.97. The Balaban J connectivity index is 1.54. The molecule has 3 fully saturated rings. The summed E-state index contributed by atoms with van der Waals surface area (Å²) in [5.41, 5.74) is 3.05. The van der Waals surface area contributed by atoms with Gasteiger partial charge in [0.15, 0.2) is 0 Å². The number of piperidine rings is 1. The molecule has 0 N–H and O–H groups in total. The van der Waals surface area contributed by atoms with Crippen LogP contribution in [0.5, 0.6) is 0 Å². The van der Waals surface area contributed by atoms with Gasteiger partial charge in [-0.3, -0.25) is 19.3 Å². The molecule has 2 unspecified atom stereocenters. The quantitative estimate of drug-likeness (QED) is 0.778. The zero-order chi connectivity index (χ0) is 17.7. The molecule has 3 aliphatic rings. The number of hydrogen-bond donors (Lipinski definition) is 0. The summed E-state index contributed by atoms with van der Waals surface area (Å²) in [6, 6.07) is 6.13. The fraction of sp³-hybridized carbons (Fsp3) is 0.550. The van der Waals surface area contributed by atoms with Crippen LogP contribution >= 0.6 is 0 Å². The van der Waals surface area contributed by atoms with E-state index >= 15 is 0 Å². The highest BCUT2D eigenvalue weighted by molar-refractivity contribution is 6.02. The minimum absolute atomic E-state index is 0.0243. The minimum atomic E-state index is -0.0386. The highest BCUT2D eigenvalue weighted by Crippen LogP contribution is 2.39. The van der Waals surface area contributed by atoms with Gasteiger partial charge in [0.25, 0.3) is 5.91 Å². The first-order valence-corrected chi connectivity index (χ1v) is 9.20. The van der Waals surface area contributed by atoms with Crippen molar-refractivity contribution in [1.82, 2.24) is 9.80 Å². The lowest BCUT2D eigenvalue weighted by Gasteiger charge is -2.41. The van der Waals surface area contributed by atoms with E-state index < -0.39 is 0 Å². The first kappa shape index (κ1) is 16.3. The maximum absolute atomic E-state index is 13.1. The van der Waals surface area contributed by atoms with Gasteiger partial charge in [-0.15, -0.1) is 0 Å². The number of rotatable bonds is 2. The lowest BCUT2D eigenvalue weighted by molar-refractivity contribution is -0.142. The molecule has 25 heavy (non-hydrogen) atoms. The van der Waals surface area contributed by atoms with Crippen molar-refractivity contribution in [3.8, 4) is 0 Å². The van der Waals surface area contributed by atoms with Crippen LogP contribution in [-0.4, -0.2) is 45.6 Å². The molecule has 0 radical (unpaired) electrons. The second-order valence-electron chi connectivity index (χ2n) is 7.68. The van der Waals surface area contributed by atoms with Crippen LogP contribution < -0.4 is 0 Å². The number of likely N-dealkylation sites (tertiary alicyclic amines) is 1. The van der Waals surface area contributed by atoms with E-state index in [1.54, 1.807) is 0 Å². The van der Waals surface area contributed by atoms with Crippen molar-refractivity contribution >= 4 is 17.7 Å². The molecule has 3 saturated heterocycles. The highest BCUT2D eigenvalue weighted by Gasteiger charge is 2.47. The zero-order valence-electron chi connectivity index (χ0n) is 14.8. The van der Waals surface area contributed by atoms with E-state index in [0.29, 0.717) is 12.8 Å². The van der Waals surface area contributed by atoms with Gasteiger partial charge < -0.3 is 4.90 Å². The summed E-state index contributed by atoms with van der Waals surface area (Å²) < 4.78 is 0. The normalized spacial score (nSPS) is 28.8. The molecule has 5 heteroatoms. The fourth-order valence-electron chi connectivity index (χ4n) is 4.72. The van der Waals surface area contributed by atoms with Crippen molar-refractivity contribution in [2.75, 3.05) is 0 Å². The van der Waals surface area contributed by atoms with Gasteiger partial charge in [-0.2, -0.15) is 0 Å². The topological polar surface area (TPSA) is 57.7 Å². The van der Waals surface area contributed by atoms with Crippen molar-refractivity contribution in [1.29, 1.82) is 0 Å². The molecule has 0 aliphatic carbocycles. The number of hydrogen-bond acceptors (Lipinski definition) is 3. The van der Waals surface area contributed by atoms with Gasteiger partial charge >= 0.3 is 0 Å². The summed E-state index contributed by atoms with van der Waals surface area (Å²) >= 11 is 0. The fourth-order valence-corrected chi connectivity index (χ4v) is 4.72. The third-order valence-electron chi connectivity index (χ3n) is 6.15. The maximum Gasteiger partial charge on any atom is 0.254 e. The average Bonchev–Trinajstić information content (AvgIpc) is 3.05. The second-order valence-corrected chi connectivity index (χ2v) is 7.68. The number of imide groups is 1. The van der Waals surface area contributed by atoms with Gasteiger partial charge in [-0.05, 0) is 62.8 Å². The van der Waals surface area contributed by atoms with Crippen molar-refractivity contribution in [2.45, 2.75) is 70.5 Å². The van der Waals surface area contributed by atoms with E-state index in [0.717, 1.165) is 36.8 Å². The first-order valence-electron chi connectivity index (χ1n) is 9.20. The van der Waals surface area contributed by atoms with E-state index in [1.165, 1.54) is 10.5 Å². The van der Waals surface area contributed by atoms with E-state index in [4.69, 9.17) is 0 Å². The number of carbonyl (C=O) groups is 3. The number of carbonyl (C=O) groups excluding carboxylic acids is 3. The van der Waals surface area contributed by atoms with E-state index in [9.17, 15) is 14.4 Å². The van der Waals surface area contributed by atoms with E-state index in [1.807, 2.05) is 36.9 Å². The monoisotopic (exact) mass is 340 g/mol. The Morgan fingerprint density at radius 3 is 2.08 bits per heavy atom. The van der Waals surface area contributed by atoms with Crippen LogP contribution in [0.15, 0.2) is 18.2 Å². The van der Waals surface area contributed by atoms with Gasteiger partial charge in [0.2, 0.25) is 11.8 Å². The molecule has 1 aromatic rings. The predicted octanol–water partition coefficient (Wildman–Crippen LogP) is 2.59. The molecular formula is C20H24N2O3. The number of nitrogens with zero attached hydrogens (tertiary/aromatic N) is 2. The number of aryl methyl sites for hydroxylation is 2. The van der Waals surface area contributed by atoms with Crippen LogP contribution in [0.4, 0.5) is 0 Å². The van der Waals surface area contributed by atoms with Crippen molar-refractivity contribution in [3.05, 3.63) is 34.9 Å². The Morgan fingerprint density at radius 1 is 0.920 bits per heavy atom. The Morgan fingerprint density at radius 2 is 1.52 bits per heavy atom. The molecule has 0 aromatic heterocycles. The molecule has 3 amide bonds. The summed E-state index contributed by atoms with van der Waals surface area (Å²) in [4.78, 5) is 40.7. The van der Waals surface area contributed by atoms with Crippen LogP contribution in [0.3, 0.4) is 0 Å². The average molecular weight is 340 g/mol. The van der Waals surface area contributed by atoms with Crippen molar-refractivity contribution in [2.24, 2.45) is 0 Å². The molecule has 3 heterocycles. The zero-order valence-corrected chi connectivity index (χ0v) is 14.8.